The van der Waals surface area contributed by atoms with Crippen LogP contribution in [0.15, 0.2) is 78.4 Å². The van der Waals surface area contributed by atoms with Gasteiger partial charge in [-0.2, -0.15) is 0 Å². The number of carbonyl (C=O) groups is 2. The van der Waals surface area contributed by atoms with Crippen LogP contribution in [-0.4, -0.2) is 16.8 Å². The van der Waals surface area contributed by atoms with E-state index in [0.717, 1.165) is 5.56 Å². The maximum Gasteiger partial charge on any atom is 0.300 e. The minimum atomic E-state index is -1.12. The fourth-order valence-electron chi connectivity index (χ4n) is 3.56. The van der Waals surface area contributed by atoms with Gasteiger partial charge in [0, 0.05) is 21.8 Å². The SMILES string of the molecule is Cc1ccc(/C(O)=C2/C(=O)C(=O)N(c3ccc(Cl)cc3)C2c2ccccc2F)cc1. The monoisotopic (exact) mass is 421 g/mol. The van der Waals surface area contributed by atoms with Gasteiger partial charge in [0.05, 0.1) is 11.6 Å². The molecule has 1 heterocycles. The van der Waals surface area contributed by atoms with Crippen molar-refractivity contribution in [1.82, 2.24) is 0 Å². The highest BCUT2D eigenvalue weighted by Gasteiger charge is 2.47. The second kappa shape index (κ2) is 7.76. The van der Waals surface area contributed by atoms with Gasteiger partial charge < -0.3 is 5.11 Å². The molecule has 0 spiro atoms. The average Bonchev–Trinajstić information content (AvgIpc) is 3.00. The van der Waals surface area contributed by atoms with Gasteiger partial charge in [-0.15, -0.1) is 0 Å². The number of aryl methyl sites for hydroxylation is 1. The number of hydrogen-bond donors (Lipinski definition) is 1. The molecule has 30 heavy (non-hydrogen) atoms. The molecule has 0 radical (unpaired) electrons. The van der Waals surface area contributed by atoms with Crippen LogP contribution in [0.4, 0.5) is 10.1 Å². The molecule has 1 saturated heterocycles. The van der Waals surface area contributed by atoms with Gasteiger partial charge in [0.2, 0.25) is 0 Å². The third-order valence-corrected chi connectivity index (χ3v) is 5.33. The number of benzene rings is 3. The summed E-state index contributed by atoms with van der Waals surface area (Å²) >= 11 is 5.95. The maximum absolute atomic E-state index is 14.8. The van der Waals surface area contributed by atoms with E-state index < -0.39 is 23.5 Å². The quantitative estimate of drug-likeness (QED) is 0.349. The minimum Gasteiger partial charge on any atom is -0.507 e. The fourth-order valence-corrected chi connectivity index (χ4v) is 3.68. The number of halogens is 2. The van der Waals surface area contributed by atoms with E-state index in [4.69, 9.17) is 11.6 Å². The van der Waals surface area contributed by atoms with Crippen LogP contribution in [0.1, 0.15) is 22.7 Å². The Bertz CT molecular complexity index is 1170. The van der Waals surface area contributed by atoms with Crippen molar-refractivity contribution in [2.45, 2.75) is 13.0 Å². The van der Waals surface area contributed by atoms with Crippen molar-refractivity contribution in [3.05, 3.63) is 106 Å². The second-order valence-corrected chi connectivity index (χ2v) is 7.47. The van der Waals surface area contributed by atoms with Crippen LogP contribution < -0.4 is 4.90 Å². The van der Waals surface area contributed by atoms with Crippen molar-refractivity contribution < 1.29 is 19.1 Å². The topological polar surface area (TPSA) is 57.6 Å². The van der Waals surface area contributed by atoms with E-state index in [9.17, 15) is 19.1 Å². The summed E-state index contributed by atoms with van der Waals surface area (Å²) in [6.07, 6.45) is 0. The van der Waals surface area contributed by atoms with Crippen LogP contribution in [0.25, 0.3) is 5.76 Å². The van der Waals surface area contributed by atoms with Gasteiger partial charge >= 0.3 is 0 Å². The molecule has 6 heteroatoms. The van der Waals surface area contributed by atoms with Crippen LogP contribution in [-0.2, 0) is 9.59 Å². The molecule has 1 atom stereocenters. The predicted octanol–water partition coefficient (Wildman–Crippen LogP) is 5.41. The molecule has 0 saturated carbocycles. The molecule has 1 N–H and O–H groups in total. The zero-order valence-electron chi connectivity index (χ0n) is 16.0. The smallest absolute Gasteiger partial charge is 0.300 e. The van der Waals surface area contributed by atoms with E-state index in [1.807, 2.05) is 6.92 Å². The van der Waals surface area contributed by atoms with Crippen molar-refractivity contribution in [3.63, 3.8) is 0 Å². The summed E-state index contributed by atoms with van der Waals surface area (Å²) in [5.74, 6) is -2.66. The molecule has 1 amide bonds. The zero-order chi connectivity index (χ0) is 21.4. The first kappa shape index (κ1) is 19.9. The van der Waals surface area contributed by atoms with E-state index in [-0.39, 0.29) is 16.9 Å². The van der Waals surface area contributed by atoms with Crippen molar-refractivity contribution in [2.75, 3.05) is 4.90 Å². The Morgan fingerprint density at radius 3 is 2.23 bits per heavy atom. The standard InChI is InChI=1S/C24H17ClFNO3/c1-14-6-8-15(9-7-14)22(28)20-21(18-4-2-3-5-19(18)26)27(24(30)23(20)29)17-12-10-16(25)11-13-17/h2-13,21,28H,1H3/b22-20-. The number of ketones is 1. The molecule has 1 unspecified atom stereocenters. The lowest BCUT2D eigenvalue weighted by atomic mass is 9.94. The Morgan fingerprint density at radius 2 is 1.60 bits per heavy atom. The molecule has 4 rings (SSSR count). The molecule has 3 aromatic rings. The summed E-state index contributed by atoms with van der Waals surface area (Å²) in [6, 6.07) is 17.9. The first-order valence-corrected chi connectivity index (χ1v) is 9.64. The molecule has 4 nitrogen and oxygen atoms in total. The first-order valence-electron chi connectivity index (χ1n) is 9.26. The Kier molecular flexibility index (Phi) is 5.14. The lowest BCUT2D eigenvalue weighted by molar-refractivity contribution is -0.132. The summed E-state index contributed by atoms with van der Waals surface area (Å²) in [6.45, 7) is 1.89. The zero-order valence-corrected chi connectivity index (χ0v) is 16.7. The highest BCUT2D eigenvalue weighted by atomic mass is 35.5. The Morgan fingerprint density at radius 1 is 0.967 bits per heavy atom. The third kappa shape index (κ3) is 3.37. The van der Waals surface area contributed by atoms with Crippen molar-refractivity contribution in [3.8, 4) is 0 Å². The van der Waals surface area contributed by atoms with E-state index in [1.165, 1.54) is 23.1 Å². The summed E-state index contributed by atoms with van der Waals surface area (Å²) in [4.78, 5) is 27.1. The van der Waals surface area contributed by atoms with Gasteiger partial charge in [-0.3, -0.25) is 14.5 Å². The Balaban J connectivity index is 1.96. The molecule has 0 aliphatic carbocycles. The van der Waals surface area contributed by atoms with E-state index >= 15 is 0 Å². The number of amides is 1. The summed E-state index contributed by atoms with van der Waals surface area (Å²) in [5, 5.41) is 11.4. The lowest BCUT2D eigenvalue weighted by Crippen LogP contribution is -2.29. The van der Waals surface area contributed by atoms with Gasteiger partial charge in [-0.1, -0.05) is 59.6 Å². The minimum absolute atomic E-state index is 0.111. The molecule has 1 aliphatic rings. The number of Topliss-reactive ketones (excluding diaryl/α,β-unsaturated/α-hetero) is 1. The number of rotatable bonds is 3. The average molecular weight is 422 g/mol. The number of anilines is 1. The molecule has 150 valence electrons. The van der Waals surface area contributed by atoms with Gasteiger partial charge in [-0.25, -0.2) is 4.39 Å². The van der Waals surface area contributed by atoms with Crippen molar-refractivity contribution >= 4 is 34.7 Å². The van der Waals surface area contributed by atoms with Crippen molar-refractivity contribution in [2.24, 2.45) is 0 Å². The van der Waals surface area contributed by atoms with Crippen LogP contribution in [0, 0.1) is 12.7 Å². The molecule has 1 aliphatic heterocycles. The van der Waals surface area contributed by atoms with Crippen molar-refractivity contribution in [1.29, 1.82) is 0 Å². The summed E-state index contributed by atoms with van der Waals surface area (Å²) < 4.78 is 14.8. The van der Waals surface area contributed by atoms with Gasteiger partial charge in [-0.05, 0) is 37.3 Å². The Hall–Kier alpha value is -3.44. The number of aliphatic hydroxyl groups is 1. The number of carbonyl (C=O) groups excluding carboxylic acids is 2. The summed E-state index contributed by atoms with van der Waals surface area (Å²) in [7, 11) is 0. The van der Waals surface area contributed by atoms with E-state index in [1.54, 1.807) is 54.6 Å². The van der Waals surface area contributed by atoms with E-state index in [2.05, 4.69) is 0 Å². The predicted molar refractivity (Wildman–Crippen MR) is 114 cm³/mol. The first-order chi connectivity index (χ1) is 14.4. The second-order valence-electron chi connectivity index (χ2n) is 7.03. The Labute approximate surface area is 177 Å². The fraction of sp³-hybridized carbons (Fsp3) is 0.0833. The van der Waals surface area contributed by atoms with Gasteiger partial charge in [0.25, 0.3) is 11.7 Å². The van der Waals surface area contributed by atoms with Crippen LogP contribution in [0.2, 0.25) is 5.02 Å². The number of hydrogen-bond acceptors (Lipinski definition) is 3. The molecule has 1 fully saturated rings. The number of aliphatic hydroxyl groups excluding tert-OH is 1. The molecule has 3 aromatic carbocycles. The maximum atomic E-state index is 14.8. The molecule has 0 bridgehead atoms. The highest BCUT2D eigenvalue weighted by molar-refractivity contribution is 6.51. The highest BCUT2D eigenvalue weighted by Crippen LogP contribution is 2.43. The third-order valence-electron chi connectivity index (χ3n) is 5.07. The van der Waals surface area contributed by atoms with Gasteiger partial charge in [0.15, 0.2) is 0 Å². The van der Waals surface area contributed by atoms with Crippen LogP contribution in [0.3, 0.4) is 0 Å². The molecular weight excluding hydrogens is 405 g/mol. The molecule has 0 aromatic heterocycles. The van der Waals surface area contributed by atoms with Crippen LogP contribution in [0.5, 0.6) is 0 Å². The van der Waals surface area contributed by atoms with Crippen LogP contribution >= 0.6 is 11.6 Å². The molecular formula is C24H17ClFNO3. The van der Waals surface area contributed by atoms with Gasteiger partial charge in [0.1, 0.15) is 11.6 Å². The van der Waals surface area contributed by atoms with E-state index in [0.29, 0.717) is 16.3 Å². The lowest BCUT2D eigenvalue weighted by Gasteiger charge is -2.25. The number of nitrogens with zero attached hydrogens (tertiary/aromatic N) is 1. The normalized spacial score (nSPS) is 18.1. The largest absolute Gasteiger partial charge is 0.507 e. The summed E-state index contributed by atoms with van der Waals surface area (Å²) in [5.41, 5.74) is 1.66.